The molecule has 0 unspecified atom stereocenters. The first-order valence-electron chi connectivity index (χ1n) is 6.37. The molecule has 2 aromatic heterocycles. The van der Waals surface area contributed by atoms with Crippen LogP contribution in [0.25, 0.3) is 10.2 Å². The Balaban J connectivity index is 1.52. The van der Waals surface area contributed by atoms with Crippen molar-refractivity contribution in [2.75, 3.05) is 6.54 Å². The van der Waals surface area contributed by atoms with Gasteiger partial charge in [-0.05, 0) is 24.3 Å². The van der Waals surface area contributed by atoms with Gasteiger partial charge in [-0.3, -0.25) is 4.98 Å². The van der Waals surface area contributed by atoms with Gasteiger partial charge in [-0.25, -0.2) is 4.98 Å². The average molecular weight is 269 g/mol. The number of para-hydroxylation sites is 1. The third-order valence-electron chi connectivity index (χ3n) is 2.89. The minimum atomic E-state index is 0.811. The monoisotopic (exact) mass is 269 g/mol. The highest BCUT2D eigenvalue weighted by atomic mass is 32.1. The van der Waals surface area contributed by atoms with Crippen LogP contribution in [0.4, 0.5) is 0 Å². The van der Waals surface area contributed by atoms with E-state index in [1.807, 2.05) is 30.5 Å². The molecular weight excluding hydrogens is 254 g/mol. The van der Waals surface area contributed by atoms with E-state index in [4.69, 9.17) is 0 Å². The Kier molecular flexibility index (Phi) is 3.81. The Bertz CT molecular complexity index is 616. The minimum Gasteiger partial charge on any atom is -0.311 e. The van der Waals surface area contributed by atoms with Crippen molar-refractivity contribution in [1.82, 2.24) is 15.3 Å². The Morgan fingerprint density at radius 2 is 1.95 bits per heavy atom. The second-order valence-corrected chi connectivity index (χ2v) is 5.44. The fourth-order valence-electron chi connectivity index (χ4n) is 1.94. The molecule has 0 aliphatic heterocycles. The molecule has 2 heterocycles. The highest BCUT2D eigenvalue weighted by molar-refractivity contribution is 7.18. The van der Waals surface area contributed by atoms with E-state index >= 15 is 0 Å². The van der Waals surface area contributed by atoms with Crippen LogP contribution in [-0.4, -0.2) is 16.5 Å². The van der Waals surface area contributed by atoms with Crippen molar-refractivity contribution in [3.63, 3.8) is 0 Å². The van der Waals surface area contributed by atoms with Crippen LogP contribution in [0, 0.1) is 0 Å². The smallest absolute Gasteiger partial charge is 0.0951 e. The van der Waals surface area contributed by atoms with Gasteiger partial charge in [0.15, 0.2) is 0 Å². The predicted octanol–water partition coefficient (Wildman–Crippen LogP) is 3.02. The fourth-order valence-corrected chi connectivity index (χ4v) is 2.91. The Labute approximate surface area is 116 Å². The van der Waals surface area contributed by atoms with Gasteiger partial charge in [0.25, 0.3) is 0 Å². The van der Waals surface area contributed by atoms with Gasteiger partial charge < -0.3 is 5.32 Å². The molecular formula is C15H15N3S. The molecule has 0 saturated carbocycles. The lowest BCUT2D eigenvalue weighted by Gasteiger charge is -2.02. The van der Waals surface area contributed by atoms with Crippen LogP contribution in [0.2, 0.25) is 0 Å². The number of aromatic nitrogens is 2. The van der Waals surface area contributed by atoms with Crippen LogP contribution in [0.5, 0.6) is 0 Å². The van der Waals surface area contributed by atoms with Gasteiger partial charge in [-0.15, -0.1) is 11.3 Å². The van der Waals surface area contributed by atoms with Gasteiger partial charge >= 0.3 is 0 Å². The maximum absolute atomic E-state index is 4.62. The molecule has 1 N–H and O–H groups in total. The summed E-state index contributed by atoms with van der Waals surface area (Å²) >= 11 is 1.78. The van der Waals surface area contributed by atoms with E-state index in [9.17, 15) is 0 Å². The molecule has 0 aliphatic carbocycles. The summed E-state index contributed by atoms with van der Waals surface area (Å²) < 4.78 is 1.27. The third-order valence-corrected chi connectivity index (χ3v) is 3.98. The highest BCUT2D eigenvalue weighted by Crippen LogP contribution is 2.21. The van der Waals surface area contributed by atoms with Crippen LogP contribution < -0.4 is 5.32 Å². The maximum atomic E-state index is 4.62. The molecule has 0 bridgehead atoms. The lowest BCUT2D eigenvalue weighted by Crippen LogP contribution is -2.17. The molecule has 0 saturated heterocycles. The number of nitrogens with one attached hydrogen (secondary N) is 1. The summed E-state index contributed by atoms with van der Waals surface area (Å²) in [6.45, 7) is 1.74. The van der Waals surface area contributed by atoms with Gasteiger partial charge in [0.05, 0.1) is 20.9 Å². The van der Waals surface area contributed by atoms with Gasteiger partial charge in [-0.1, -0.05) is 18.2 Å². The quantitative estimate of drug-likeness (QED) is 0.723. The number of thiazole rings is 1. The fraction of sp³-hybridized carbons (Fsp3) is 0.200. The average Bonchev–Trinajstić information content (AvgIpc) is 2.87. The van der Waals surface area contributed by atoms with Crippen molar-refractivity contribution >= 4 is 21.6 Å². The van der Waals surface area contributed by atoms with Gasteiger partial charge in [0.1, 0.15) is 0 Å². The van der Waals surface area contributed by atoms with Crippen LogP contribution in [0.15, 0.2) is 48.7 Å². The Morgan fingerprint density at radius 1 is 1.05 bits per heavy atom. The predicted molar refractivity (Wildman–Crippen MR) is 79.3 cm³/mol. The number of hydrogen-bond acceptors (Lipinski definition) is 4. The third kappa shape index (κ3) is 3.16. The molecule has 0 amide bonds. The molecule has 0 fully saturated rings. The van der Waals surface area contributed by atoms with Crippen molar-refractivity contribution in [1.29, 1.82) is 0 Å². The summed E-state index contributed by atoms with van der Waals surface area (Å²) in [6.07, 6.45) is 2.79. The molecule has 19 heavy (non-hydrogen) atoms. The Morgan fingerprint density at radius 3 is 2.79 bits per heavy atom. The van der Waals surface area contributed by atoms with Crippen molar-refractivity contribution < 1.29 is 0 Å². The van der Waals surface area contributed by atoms with Crippen molar-refractivity contribution in [3.8, 4) is 0 Å². The molecule has 0 aliphatic rings. The minimum absolute atomic E-state index is 0.811. The lowest BCUT2D eigenvalue weighted by atomic mass is 10.3. The zero-order valence-electron chi connectivity index (χ0n) is 10.5. The van der Waals surface area contributed by atoms with E-state index in [0.29, 0.717) is 0 Å². The number of fused-ring (bicyclic) bond motifs is 1. The summed E-state index contributed by atoms with van der Waals surface area (Å²) in [4.78, 5) is 8.90. The largest absolute Gasteiger partial charge is 0.311 e. The van der Waals surface area contributed by atoms with Crippen molar-refractivity contribution in [2.24, 2.45) is 0 Å². The molecule has 96 valence electrons. The van der Waals surface area contributed by atoms with E-state index in [-0.39, 0.29) is 0 Å². The standard InChI is InChI=1S/C15H15N3S/c1-2-7-14-13(6-1)18-15(19-14)8-10-16-11-12-5-3-4-9-17-12/h1-7,9,16H,8,10-11H2. The van der Waals surface area contributed by atoms with Gasteiger partial charge in [-0.2, -0.15) is 0 Å². The summed E-state index contributed by atoms with van der Waals surface area (Å²) in [7, 11) is 0. The number of benzene rings is 1. The van der Waals surface area contributed by atoms with E-state index in [1.54, 1.807) is 11.3 Å². The lowest BCUT2D eigenvalue weighted by molar-refractivity contribution is 0.674. The van der Waals surface area contributed by atoms with E-state index in [1.165, 1.54) is 9.71 Å². The van der Waals surface area contributed by atoms with Crippen LogP contribution in [0.3, 0.4) is 0 Å². The van der Waals surface area contributed by atoms with Crippen LogP contribution in [-0.2, 0) is 13.0 Å². The number of rotatable bonds is 5. The molecule has 0 radical (unpaired) electrons. The Hall–Kier alpha value is -1.78. The van der Waals surface area contributed by atoms with Crippen molar-refractivity contribution in [3.05, 3.63) is 59.4 Å². The highest BCUT2D eigenvalue weighted by Gasteiger charge is 2.02. The second kappa shape index (κ2) is 5.91. The van der Waals surface area contributed by atoms with Gasteiger partial charge in [0, 0.05) is 25.7 Å². The summed E-state index contributed by atoms with van der Waals surface area (Å²) in [5.41, 5.74) is 2.18. The number of nitrogens with zero attached hydrogens (tertiary/aromatic N) is 2. The zero-order chi connectivity index (χ0) is 12.9. The molecule has 3 aromatic rings. The molecule has 0 spiro atoms. The van der Waals surface area contributed by atoms with E-state index < -0.39 is 0 Å². The first-order chi connectivity index (χ1) is 9.42. The topological polar surface area (TPSA) is 37.8 Å². The first kappa shape index (κ1) is 12.3. The maximum Gasteiger partial charge on any atom is 0.0951 e. The molecule has 4 heteroatoms. The SMILES string of the molecule is c1ccc(CNCCc2nc3ccccc3s2)nc1. The summed E-state index contributed by atoms with van der Waals surface area (Å²) in [5, 5.41) is 4.59. The molecule has 0 atom stereocenters. The summed E-state index contributed by atoms with van der Waals surface area (Å²) in [5.74, 6) is 0. The normalized spacial score (nSPS) is 10.9. The van der Waals surface area contributed by atoms with Crippen molar-refractivity contribution in [2.45, 2.75) is 13.0 Å². The number of pyridine rings is 1. The molecule has 3 rings (SSSR count). The van der Waals surface area contributed by atoms with E-state index in [0.717, 1.165) is 30.7 Å². The van der Waals surface area contributed by atoms with Gasteiger partial charge in [0.2, 0.25) is 0 Å². The molecule has 1 aromatic carbocycles. The summed E-state index contributed by atoms with van der Waals surface area (Å²) in [6, 6.07) is 14.3. The van der Waals surface area contributed by atoms with E-state index in [2.05, 4.69) is 33.5 Å². The van der Waals surface area contributed by atoms with Crippen LogP contribution >= 0.6 is 11.3 Å². The van der Waals surface area contributed by atoms with Crippen LogP contribution in [0.1, 0.15) is 10.7 Å². The zero-order valence-corrected chi connectivity index (χ0v) is 11.4. The second-order valence-electron chi connectivity index (χ2n) is 4.32. The number of hydrogen-bond donors (Lipinski definition) is 1. The first-order valence-corrected chi connectivity index (χ1v) is 7.18. The molecule has 3 nitrogen and oxygen atoms in total.